The fourth-order valence-electron chi connectivity index (χ4n) is 2.97. The van der Waals surface area contributed by atoms with Crippen molar-refractivity contribution >= 4 is 0 Å². The highest BCUT2D eigenvalue weighted by Crippen LogP contribution is 2.29. The predicted octanol–water partition coefficient (Wildman–Crippen LogP) is 2.35. The highest BCUT2D eigenvalue weighted by molar-refractivity contribution is 5.68. The van der Waals surface area contributed by atoms with E-state index in [2.05, 4.69) is 15.8 Å². The van der Waals surface area contributed by atoms with Crippen LogP contribution in [0, 0.1) is 0 Å². The van der Waals surface area contributed by atoms with Crippen LogP contribution in [0.15, 0.2) is 53.7 Å². The summed E-state index contributed by atoms with van der Waals surface area (Å²) in [6.07, 6.45) is 7.20. The van der Waals surface area contributed by atoms with Crippen LogP contribution in [0.3, 0.4) is 0 Å². The third-order valence-electron chi connectivity index (χ3n) is 4.09. The second-order valence-electron chi connectivity index (χ2n) is 5.48. The van der Waals surface area contributed by atoms with Gasteiger partial charge in [0.05, 0.1) is 12.4 Å². The standard InChI is InChI=1S/C17H15N3O2/c21-16-6-8-19(11-17(16)22)13-4-1-3-12(9-13)14-10-18-20-7-2-5-15(14)20/h1,3-4,6,8-11,22H,2,5,7H2. The van der Waals surface area contributed by atoms with Crippen LogP contribution >= 0.6 is 0 Å². The number of benzene rings is 1. The van der Waals surface area contributed by atoms with Crippen LogP contribution in [0.5, 0.6) is 5.75 Å². The van der Waals surface area contributed by atoms with Crippen LogP contribution < -0.4 is 5.43 Å². The summed E-state index contributed by atoms with van der Waals surface area (Å²) in [6.45, 7) is 0.989. The van der Waals surface area contributed by atoms with E-state index >= 15 is 0 Å². The van der Waals surface area contributed by atoms with Crippen molar-refractivity contribution in [3.8, 4) is 22.6 Å². The lowest BCUT2D eigenvalue weighted by atomic mass is 10.0. The van der Waals surface area contributed by atoms with Gasteiger partial charge in [0, 0.05) is 35.8 Å². The number of pyridine rings is 1. The number of aryl methyl sites for hydroxylation is 1. The summed E-state index contributed by atoms with van der Waals surface area (Å²) in [5, 5.41) is 14.0. The van der Waals surface area contributed by atoms with Crippen LogP contribution in [0.25, 0.3) is 16.8 Å². The zero-order valence-electron chi connectivity index (χ0n) is 11.9. The van der Waals surface area contributed by atoms with Gasteiger partial charge in [-0.2, -0.15) is 5.10 Å². The number of hydrogen-bond donors (Lipinski definition) is 1. The van der Waals surface area contributed by atoms with Crippen LogP contribution in [0.2, 0.25) is 0 Å². The molecular formula is C17H15N3O2. The molecular weight excluding hydrogens is 278 g/mol. The number of aromatic nitrogens is 3. The van der Waals surface area contributed by atoms with Crippen molar-refractivity contribution in [2.75, 3.05) is 0 Å². The normalized spacial score (nSPS) is 13.3. The lowest BCUT2D eigenvalue weighted by molar-refractivity contribution is 0.465. The molecule has 0 amide bonds. The second-order valence-corrected chi connectivity index (χ2v) is 5.48. The average Bonchev–Trinajstić information content (AvgIpc) is 3.13. The SMILES string of the molecule is O=c1ccn(-c2cccc(-c3cnn4c3CCC4)c2)cc1O. The molecule has 0 spiro atoms. The number of hydrogen-bond acceptors (Lipinski definition) is 3. The molecule has 0 saturated carbocycles. The monoisotopic (exact) mass is 293 g/mol. The van der Waals surface area contributed by atoms with Gasteiger partial charge in [-0.3, -0.25) is 9.48 Å². The van der Waals surface area contributed by atoms with E-state index in [1.807, 2.05) is 24.4 Å². The molecule has 2 aromatic heterocycles. The van der Waals surface area contributed by atoms with Gasteiger partial charge in [-0.15, -0.1) is 0 Å². The maximum atomic E-state index is 11.3. The zero-order chi connectivity index (χ0) is 15.1. The van der Waals surface area contributed by atoms with Crippen molar-refractivity contribution in [2.24, 2.45) is 0 Å². The van der Waals surface area contributed by atoms with Gasteiger partial charge in [0.1, 0.15) is 0 Å². The summed E-state index contributed by atoms with van der Waals surface area (Å²) in [4.78, 5) is 11.3. The smallest absolute Gasteiger partial charge is 0.223 e. The van der Waals surface area contributed by atoms with Crippen molar-refractivity contribution in [3.05, 3.63) is 64.8 Å². The number of fused-ring (bicyclic) bond motifs is 1. The molecule has 3 aromatic rings. The van der Waals surface area contributed by atoms with E-state index in [0.717, 1.165) is 36.2 Å². The third-order valence-corrected chi connectivity index (χ3v) is 4.09. The Bertz CT molecular complexity index is 908. The Morgan fingerprint density at radius 2 is 2.14 bits per heavy atom. The topological polar surface area (TPSA) is 60.0 Å². The molecule has 1 aromatic carbocycles. The van der Waals surface area contributed by atoms with Crippen molar-refractivity contribution in [2.45, 2.75) is 19.4 Å². The molecule has 0 radical (unpaired) electrons. The molecule has 22 heavy (non-hydrogen) atoms. The first-order valence-corrected chi connectivity index (χ1v) is 7.29. The number of aromatic hydroxyl groups is 1. The lowest BCUT2D eigenvalue weighted by Crippen LogP contribution is -2.03. The molecule has 1 N–H and O–H groups in total. The first kappa shape index (κ1) is 12.9. The first-order chi connectivity index (χ1) is 10.7. The summed E-state index contributed by atoms with van der Waals surface area (Å²) in [7, 11) is 0. The Balaban J connectivity index is 1.80. The average molecular weight is 293 g/mol. The van der Waals surface area contributed by atoms with Crippen LogP contribution in [0.1, 0.15) is 12.1 Å². The van der Waals surface area contributed by atoms with E-state index in [0.29, 0.717) is 0 Å². The molecule has 0 unspecified atom stereocenters. The predicted molar refractivity (Wildman–Crippen MR) is 83.2 cm³/mol. The maximum Gasteiger partial charge on any atom is 0.223 e. The molecule has 0 fully saturated rings. The molecule has 0 aliphatic carbocycles. The highest BCUT2D eigenvalue weighted by Gasteiger charge is 2.17. The summed E-state index contributed by atoms with van der Waals surface area (Å²) in [6, 6.07) is 9.37. The second kappa shape index (κ2) is 4.87. The Hall–Kier alpha value is -2.82. The molecule has 4 rings (SSSR count). The van der Waals surface area contributed by atoms with Gasteiger partial charge < -0.3 is 9.67 Å². The van der Waals surface area contributed by atoms with Gasteiger partial charge in [0.15, 0.2) is 5.75 Å². The molecule has 1 aliphatic rings. The highest BCUT2D eigenvalue weighted by atomic mass is 16.3. The molecule has 0 bridgehead atoms. The third kappa shape index (κ3) is 2.02. The number of nitrogens with zero attached hydrogens (tertiary/aromatic N) is 3. The largest absolute Gasteiger partial charge is 0.503 e. The Morgan fingerprint density at radius 3 is 3.00 bits per heavy atom. The Morgan fingerprint density at radius 1 is 1.23 bits per heavy atom. The fraction of sp³-hybridized carbons (Fsp3) is 0.176. The minimum atomic E-state index is -0.373. The van der Waals surface area contributed by atoms with Crippen molar-refractivity contribution in [1.29, 1.82) is 0 Å². The number of rotatable bonds is 2. The van der Waals surface area contributed by atoms with E-state index < -0.39 is 0 Å². The van der Waals surface area contributed by atoms with Gasteiger partial charge in [-0.1, -0.05) is 12.1 Å². The molecule has 5 heteroatoms. The molecule has 0 saturated heterocycles. The van der Waals surface area contributed by atoms with Crippen LogP contribution in [-0.2, 0) is 13.0 Å². The van der Waals surface area contributed by atoms with Gasteiger partial charge >= 0.3 is 0 Å². The van der Waals surface area contributed by atoms with E-state index in [4.69, 9.17) is 0 Å². The summed E-state index contributed by atoms with van der Waals surface area (Å²) < 4.78 is 3.80. The maximum absolute atomic E-state index is 11.3. The van der Waals surface area contributed by atoms with Crippen molar-refractivity contribution in [3.63, 3.8) is 0 Å². The van der Waals surface area contributed by atoms with Gasteiger partial charge in [-0.05, 0) is 30.5 Å². The van der Waals surface area contributed by atoms with E-state index in [1.165, 1.54) is 18.0 Å². The summed E-state index contributed by atoms with van der Waals surface area (Å²) in [5.41, 5.74) is 4.05. The van der Waals surface area contributed by atoms with Crippen molar-refractivity contribution in [1.82, 2.24) is 14.3 Å². The molecule has 3 heterocycles. The first-order valence-electron chi connectivity index (χ1n) is 7.29. The lowest BCUT2D eigenvalue weighted by Gasteiger charge is -2.09. The van der Waals surface area contributed by atoms with E-state index in [-0.39, 0.29) is 11.2 Å². The van der Waals surface area contributed by atoms with Gasteiger partial charge in [0.2, 0.25) is 5.43 Å². The Labute approximate surface area is 127 Å². The van der Waals surface area contributed by atoms with E-state index in [9.17, 15) is 9.90 Å². The minimum Gasteiger partial charge on any atom is -0.503 e. The van der Waals surface area contributed by atoms with Crippen molar-refractivity contribution < 1.29 is 5.11 Å². The molecule has 110 valence electrons. The zero-order valence-corrected chi connectivity index (χ0v) is 11.9. The van der Waals surface area contributed by atoms with Crippen LogP contribution in [0.4, 0.5) is 0 Å². The Kier molecular flexibility index (Phi) is 2.85. The quantitative estimate of drug-likeness (QED) is 0.789. The molecule has 1 aliphatic heterocycles. The van der Waals surface area contributed by atoms with Crippen LogP contribution in [-0.4, -0.2) is 19.5 Å². The summed E-state index contributed by atoms with van der Waals surface area (Å²) in [5.74, 6) is -0.251. The molecule has 0 atom stereocenters. The minimum absolute atomic E-state index is 0.251. The van der Waals surface area contributed by atoms with Gasteiger partial charge in [-0.25, -0.2) is 0 Å². The summed E-state index contributed by atoms with van der Waals surface area (Å²) >= 11 is 0. The van der Waals surface area contributed by atoms with Gasteiger partial charge in [0.25, 0.3) is 0 Å². The fourth-order valence-corrected chi connectivity index (χ4v) is 2.97. The van der Waals surface area contributed by atoms with E-state index in [1.54, 1.807) is 10.8 Å². The molecule has 5 nitrogen and oxygen atoms in total.